The van der Waals surface area contributed by atoms with Crippen molar-refractivity contribution in [1.82, 2.24) is 10.5 Å². The number of carbonyl (C=O) groups is 3. The van der Waals surface area contributed by atoms with E-state index in [1.165, 1.54) is 4.90 Å². The zero-order valence-corrected chi connectivity index (χ0v) is 22.8. The zero-order valence-electron chi connectivity index (χ0n) is 22.8. The van der Waals surface area contributed by atoms with Gasteiger partial charge in [-0.15, -0.1) is 0 Å². The summed E-state index contributed by atoms with van der Waals surface area (Å²) in [5.41, 5.74) is 1.55. The number of anilines is 2. The Labute approximate surface area is 223 Å². The van der Waals surface area contributed by atoms with Crippen LogP contribution in [-0.4, -0.2) is 35.5 Å². The van der Waals surface area contributed by atoms with Crippen LogP contribution in [0.3, 0.4) is 0 Å². The number of hydrogen-bond donors (Lipinski definition) is 2. The molecule has 0 bridgehead atoms. The molecule has 0 spiro atoms. The fourth-order valence-electron chi connectivity index (χ4n) is 3.92. The molecular formula is C29H36N4O5. The Balaban J connectivity index is 1.98. The molecule has 0 aliphatic rings. The Bertz CT molecular complexity index is 1270. The first-order valence-corrected chi connectivity index (χ1v) is 12.6. The number of aryl methyl sites for hydroxylation is 2. The lowest BCUT2D eigenvalue weighted by Gasteiger charge is -2.35. The van der Waals surface area contributed by atoms with E-state index < -0.39 is 11.6 Å². The Morgan fingerprint density at radius 3 is 2.32 bits per heavy atom. The largest absolute Gasteiger partial charge is 0.497 e. The fraction of sp³-hybridized carbons (Fsp3) is 0.379. The Hall–Kier alpha value is -4.14. The minimum Gasteiger partial charge on any atom is -0.497 e. The number of para-hydroxylation sites is 1. The molecule has 9 heteroatoms. The van der Waals surface area contributed by atoms with Gasteiger partial charge in [0, 0.05) is 30.1 Å². The van der Waals surface area contributed by atoms with E-state index in [1.54, 1.807) is 50.4 Å². The van der Waals surface area contributed by atoms with Crippen molar-refractivity contribution in [3.63, 3.8) is 0 Å². The summed E-state index contributed by atoms with van der Waals surface area (Å²) in [6.07, 6.45) is 0.493. The molecule has 3 rings (SSSR count). The third-order valence-electron chi connectivity index (χ3n) is 6.39. The van der Waals surface area contributed by atoms with Crippen LogP contribution in [0.2, 0.25) is 0 Å². The topological polar surface area (TPSA) is 114 Å². The molecule has 0 saturated heterocycles. The molecule has 0 unspecified atom stereocenters. The third kappa shape index (κ3) is 7.21. The molecule has 0 saturated carbocycles. The van der Waals surface area contributed by atoms with Crippen LogP contribution in [0.15, 0.2) is 59.1 Å². The maximum Gasteiger partial charge on any atom is 0.248 e. The molecule has 9 nitrogen and oxygen atoms in total. The van der Waals surface area contributed by atoms with Gasteiger partial charge >= 0.3 is 0 Å². The maximum atomic E-state index is 13.9. The van der Waals surface area contributed by atoms with E-state index in [0.717, 1.165) is 5.56 Å². The van der Waals surface area contributed by atoms with Crippen LogP contribution >= 0.6 is 0 Å². The second-order valence-corrected chi connectivity index (χ2v) is 9.82. The zero-order chi connectivity index (χ0) is 27.9. The highest BCUT2D eigenvalue weighted by Crippen LogP contribution is 2.32. The first-order chi connectivity index (χ1) is 18.0. The highest BCUT2D eigenvalue weighted by Gasteiger charge is 2.35. The van der Waals surface area contributed by atoms with E-state index in [4.69, 9.17) is 9.26 Å². The third-order valence-corrected chi connectivity index (χ3v) is 6.39. The summed E-state index contributed by atoms with van der Waals surface area (Å²) in [5.74, 6) is 0.417. The van der Waals surface area contributed by atoms with E-state index >= 15 is 0 Å². The highest BCUT2D eigenvalue weighted by molar-refractivity contribution is 6.03. The summed E-state index contributed by atoms with van der Waals surface area (Å²) in [6, 6.07) is 15.1. The number of nitrogens with one attached hydrogen (secondary N) is 2. The molecule has 0 aliphatic heterocycles. The highest BCUT2D eigenvalue weighted by atomic mass is 16.5. The van der Waals surface area contributed by atoms with E-state index in [1.807, 2.05) is 45.9 Å². The lowest BCUT2D eigenvalue weighted by Crippen LogP contribution is -2.50. The van der Waals surface area contributed by atoms with Gasteiger partial charge in [0.25, 0.3) is 0 Å². The van der Waals surface area contributed by atoms with E-state index in [2.05, 4.69) is 15.8 Å². The van der Waals surface area contributed by atoms with Crippen LogP contribution < -0.4 is 20.3 Å². The Kier molecular flexibility index (Phi) is 9.28. The van der Waals surface area contributed by atoms with Gasteiger partial charge in [-0.25, -0.2) is 0 Å². The van der Waals surface area contributed by atoms with Gasteiger partial charge in [-0.05, 0) is 63.4 Å². The lowest BCUT2D eigenvalue weighted by atomic mass is 9.97. The van der Waals surface area contributed by atoms with Gasteiger partial charge in [-0.3, -0.25) is 19.3 Å². The van der Waals surface area contributed by atoms with Gasteiger partial charge in [0.1, 0.15) is 17.6 Å². The molecular weight excluding hydrogens is 484 g/mol. The molecule has 1 heterocycles. The number of hydrogen-bond acceptors (Lipinski definition) is 6. The second-order valence-electron chi connectivity index (χ2n) is 9.82. The van der Waals surface area contributed by atoms with Crippen molar-refractivity contribution in [2.24, 2.45) is 0 Å². The number of benzene rings is 2. The average molecular weight is 521 g/mol. The van der Waals surface area contributed by atoms with Gasteiger partial charge < -0.3 is 19.9 Å². The molecule has 2 aromatic carbocycles. The van der Waals surface area contributed by atoms with Crippen molar-refractivity contribution in [2.45, 2.75) is 65.5 Å². The van der Waals surface area contributed by atoms with Crippen LogP contribution in [0.5, 0.6) is 5.75 Å². The molecule has 0 aliphatic carbocycles. The Morgan fingerprint density at radius 1 is 1.05 bits per heavy atom. The summed E-state index contributed by atoms with van der Waals surface area (Å²) in [5, 5.41) is 9.49. The molecule has 1 aromatic heterocycles. The molecule has 2 N–H and O–H groups in total. The fourth-order valence-corrected chi connectivity index (χ4v) is 3.92. The van der Waals surface area contributed by atoms with Crippen molar-refractivity contribution in [3.05, 3.63) is 71.5 Å². The van der Waals surface area contributed by atoms with Crippen LogP contribution in [0, 0.1) is 13.8 Å². The van der Waals surface area contributed by atoms with Crippen LogP contribution in [-0.2, 0) is 14.4 Å². The predicted octanol–water partition coefficient (Wildman–Crippen LogP) is 5.10. The van der Waals surface area contributed by atoms with Crippen LogP contribution in [0.4, 0.5) is 11.5 Å². The number of methoxy groups -OCH3 is 1. The second kappa shape index (κ2) is 12.4. The van der Waals surface area contributed by atoms with E-state index in [-0.39, 0.29) is 36.4 Å². The maximum absolute atomic E-state index is 13.9. The van der Waals surface area contributed by atoms with Gasteiger partial charge in [0.2, 0.25) is 17.7 Å². The number of nitrogens with zero attached hydrogens (tertiary/aromatic N) is 2. The molecule has 0 radical (unpaired) electrons. The molecule has 202 valence electrons. The van der Waals surface area contributed by atoms with Gasteiger partial charge in [0.05, 0.1) is 7.11 Å². The molecule has 38 heavy (non-hydrogen) atoms. The SMILES string of the molecule is CCC(C)(C)NC(=O)[C@@H](c1ccc(OC)cc1)N(C(=O)CCC(=O)Nc1cc(C)on1)c1ccccc1C. The average Bonchev–Trinajstić information content (AvgIpc) is 3.30. The molecule has 1 atom stereocenters. The van der Waals surface area contributed by atoms with Crippen LogP contribution in [0.25, 0.3) is 0 Å². The number of amides is 3. The first-order valence-electron chi connectivity index (χ1n) is 12.6. The summed E-state index contributed by atoms with van der Waals surface area (Å²) in [4.78, 5) is 41.8. The van der Waals surface area contributed by atoms with E-state index in [9.17, 15) is 14.4 Å². The van der Waals surface area contributed by atoms with Gasteiger partial charge in [-0.1, -0.05) is 42.4 Å². The first kappa shape index (κ1) is 28.4. The number of ether oxygens (including phenoxy) is 1. The van der Waals surface area contributed by atoms with Crippen molar-refractivity contribution in [2.75, 3.05) is 17.3 Å². The summed E-state index contributed by atoms with van der Waals surface area (Å²) in [7, 11) is 1.57. The molecule has 0 fully saturated rings. The number of rotatable bonds is 11. The minimum absolute atomic E-state index is 0.0927. The molecule has 3 aromatic rings. The molecule has 3 amide bonds. The quantitative estimate of drug-likeness (QED) is 0.364. The number of aromatic nitrogens is 1. The summed E-state index contributed by atoms with van der Waals surface area (Å²) >= 11 is 0. The summed E-state index contributed by atoms with van der Waals surface area (Å²) < 4.78 is 10.3. The van der Waals surface area contributed by atoms with Crippen LogP contribution in [0.1, 0.15) is 63.0 Å². The summed E-state index contributed by atoms with van der Waals surface area (Å²) in [6.45, 7) is 9.46. The smallest absolute Gasteiger partial charge is 0.248 e. The van der Waals surface area contributed by atoms with Crippen molar-refractivity contribution >= 4 is 29.2 Å². The monoisotopic (exact) mass is 520 g/mol. The van der Waals surface area contributed by atoms with Gasteiger partial charge in [0.15, 0.2) is 5.82 Å². The van der Waals surface area contributed by atoms with Crippen molar-refractivity contribution in [3.8, 4) is 5.75 Å². The van der Waals surface area contributed by atoms with Crippen molar-refractivity contribution < 1.29 is 23.6 Å². The normalized spacial score (nSPS) is 11.9. The van der Waals surface area contributed by atoms with E-state index in [0.29, 0.717) is 29.2 Å². The Morgan fingerprint density at radius 2 is 1.74 bits per heavy atom. The van der Waals surface area contributed by atoms with Gasteiger partial charge in [-0.2, -0.15) is 0 Å². The number of carbonyl (C=O) groups excluding carboxylic acids is 3. The lowest BCUT2D eigenvalue weighted by molar-refractivity contribution is -0.128. The predicted molar refractivity (Wildman–Crippen MR) is 146 cm³/mol. The standard InChI is InChI=1S/C29H36N4O5/c1-7-29(4,5)31-28(36)27(21-12-14-22(37-6)15-13-21)33(23-11-9-8-10-19(23)2)26(35)17-16-25(34)30-24-18-20(3)38-32-24/h8-15,18,27H,7,16-17H2,1-6H3,(H,31,36)(H,30,32,34)/t27-/m1/s1. The minimum atomic E-state index is -0.971. The van der Waals surface area contributed by atoms with Crippen molar-refractivity contribution in [1.29, 1.82) is 0 Å².